The number of anilines is 2. The topological polar surface area (TPSA) is 228 Å². The number of amides is 2. The second-order valence-electron chi connectivity index (χ2n) is 19.6. The number of aryl methyl sites for hydroxylation is 2. The molecule has 0 aliphatic carbocycles. The zero-order chi connectivity index (χ0) is 58.4. The highest BCUT2D eigenvalue weighted by atomic mass is 19.4. The van der Waals surface area contributed by atoms with Crippen LogP contribution in [0.5, 0.6) is 5.88 Å². The van der Waals surface area contributed by atoms with Gasteiger partial charge < -0.3 is 37.5 Å². The van der Waals surface area contributed by atoms with Crippen molar-refractivity contribution < 1.29 is 68.5 Å². The summed E-state index contributed by atoms with van der Waals surface area (Å²) >= 11 is 0. The number of nitrogens with one attached hydrogen (secondary N) is 3. The molecular formula is C55H62F6N8O10. The number of carbonyl (C=O) groups is 2. The molecule has 2 amide bonds. The number of rotatable bonds is 21. The van der Waals surface area contributed by atoms with Crippen molar-refractivity contribution in [1.82, 2.24) is 30.4 Å². The van der Waals surface area contributed by atoms with Crippen molar-refractivity contribution in [1.29, 1.82) is 0 Å². The van der Waals surface area contributed by atoms with Gasteiger partial charge in [-0.3, -0.25) is 15.4 Å². The van der Waals surface area contributed by atoms with Crippen LogP contribution in [0.4, 0.5) is 47.3 Å². The molecule has 0 aliphatic rings. The third kappa shape index (κ3) is 16.5. The van der Waals surface area contributed by atoms with Gasteiger partial charge in [0.25, 0.3) is 29.1 Å². The highest BCUT2D eigenvalue weighted by Crippen LogP contribution is 2.48. The SMILES string of the molecule is C=CCCCOc1nc(-c2nnc([C@@](CC=C)(OCc3ccccc3)C(F)(F)F)o2)c(NC(=O)OC(C)(C)C)cc1C.C=CC[C@@](OCc1ccccc1)(c1nnc(-c2[nH]c(=O)c(C)cc2NC(=O)OC(C)(C)C)o1)C(F)(F)F. The Balaban J connectivity index is 0.000000293. The number of hydrogen-bond acceptors (Lipinski definition) is 15. The molecule has 0 spiro atoms. The first-order valence-corrected chi connectivity index (χ1v) is 24.4. The van der Waals surface area contributed by atoms with Gasteiger partial charge in [0, 0.05) is 24.0 Å². The number of alkyl halides is 6. The number of carbonyl (C=O) groups excluding carboxylic acids is 2. The van der Waals surface area contributed by atoms with Gasteiger partial charge in [0.2, 0.25) is 17.1 Å². The predicted octanol–water partition coefficient (Wildman–Crippen LogP) is 13.3. The average molecular weight is 1110 g/mol. The Morgan fingerprint density at radius 2 is 1.10 bits per heavy atom. The lowest BCUT2D eigenvalue weighted by Gasteiger charge is -2.31. The van der Waals surface area contributed by atoms with E-state index in [1.165, 1.54) is 19.1 Å². The third-order valence-corrected chi connectivity index (χ3v) is 10.8. The van der Waals surface area contributed by atoms with Crippen LogP contribution in [-0.2, 0) is 43.4 Å². The molecule has 0 radical (unpaired) electrons. The van der Waals surface area contributed by atoms with Crippen molar-refractivity contribution in [3.63, 3.8) is 0 Å². The number of hydrogen-bond donors (Lipinski definition) is 3. The van der Waals surface area contributed by atoms with E-state index in [2.05, 4.69) is 60.7 Å². The maximum absolute atomic E-state index is 14.7. The van der Waals surface area contributed by atoms with Gasteiger partial charge in [-0.1, -0.05) is 78.9 Å². The minimum Gasteiger partial charge on any atom is -0.477 e. The summed E-state index contributed by atoms with van der Waals surface area (Å²) in [5.41, 5.74) is -6.69. The van der Waals surface area contributed by atoms with E-state index in [0.29, 0.717) is 36.1 Å². The van der Waals surface area contributed by atoms with E-state index in [-0.39, 0.29) is 40.8 Å². The summed E-state index contributed by atoms with van der Waals surface area (Å²) in [6, 6.07) is 19.5. The number of H-pyrrole nitrogens is 1. The van der Waals surface area contributed by atoms with Gasteiger partial charge in [0.1, 0.15) is 16.9 Å². The Morgan fingerprint density at radius 1 is 0.646 bits per heavy atom. The van der Waals surface area contributed by atoms with Gasteiger partial charge in [0.05, 0.1) is 31.2 Å². The number of benzene rings is 2. The molecule has 0 saturated heterocycles. The molecule has 6 rings (SSSR count). The van der Waals surface area contributed by atoms with E-state index in [1.54, 1.807) is 115 Å². The van der Waals surface area contributed by atoms with Gasteiger partial charge in [-0.2, -0.15) is 26.3 Å². The first-order chi connectivity index (χ1) is 37.0. The van der Waals surface area contributed by atoms with Crippen molar-refractivity contribution in [3.8, 4) is 29.0 Å². The van der Waals surface area contributed by atoms with Crippen molar-refractivity contribution in [2.45, 2.75) is 129 Å². The van der Waals surface area contributed by atoms with Crippen LogP contribution in [0.25, 0.3) is 23.2 Å². The van der Waals surface area contributed by atoms with Crippen LogP contribution in [-0.4, -0.2) is 72.7 Å². The second kappa shape index (κ2) is 26.0. The molecule has 0 aliphatic heterocycles. The second-order valence-corrected chi connectivity index (χ2v) is 19.6. The summed E-state index contributed by atoms with van der Waals surface area (Å²) < 4.78 is 126. The lowest BCUT2D eigenvalue weighted by atomic mass is 9.98. The van der Waals surface area contributed by atoms with Crippen molar-refractivity contribution in [2.75, 3.05) is 17.2 Å². The van der Waals surface area contributed by atoms with Gasteiger partial charge in [-0.25, -0.2) is 14.6 Å². The molecule has 2 aromatic carbocycles. The first-order valence-electron chi connectivity index (χ1n) is 24.4. The highest BCUT2D eigenvalue weighted by molar-refractivity contribution is 5.90. The molecule has 0 saturated carbocycles. The average Bonchev–Trinajstić information content (AvgIpc) is 4.08. The Hall–Kier alpha value is -8.12. The number of aromatic nitrogens is 6. The van der Waals surface area contributed by atoms with Crippen molar-refractivity contribution in [3.05, 3.63) is 155 Å². The van der Waals surface area contributed by atoms with E-state index in [1.807, 2.05) is 0 Å². The molecular weight excluding hydrogens is 1050 g/mol. The number of unbranched alkanes of at least 4 members (excludes halogenated alkanes) is 1. The number of ether oxygens (including phenoxy) is 5. The number of pyridine rings is 2. The molecule has 24 heteroatoms. The normalized spacial score (nSPS) is 13.4. The van der Waals surface area contributed by atoms with Crippen LogP contribution in [0.2, 0.25) is 0 Å². The summed E-state index contributed by atoms with van der Waals surface area (Å²) in [5, 5.41) is 20.0. The van der Waals surface area contributed by atoms with Crippen LogP contribution in [0, 0.1) is 13.8 Å². The largest absolute Gasteiger partial charge is 0.477 e. The van der Waals surface area contributed by atoms with E-state index in [9.17, 15) is 40.7 Å². The van der Waals surface area contributed by atoms with Gasteiger partial charge in [-0.15, -0.1) is 40.1 Å². The van der Waals surface area contributed by atoms with Crippen LogP contribution in [0.1, 0.15) is 101 Å². The number of allylic oxidation sites excluding steroid dienone is 1. The lowest BCUT2D eigenvalue weighted by molar-refractivity contribution is -0.296. The van der Waals surface area contributed by atoms with Crippen LogP contribution in [0.15, 0.2) is 124 Å². The quantitative estimate of drug-likeness (QED) is 0.0346. The highest BCUT2D eigenvalue weighted by Gasteiger charge is 2.62. The number of aromatic amines is 1. The van der Waals surface area contributed by atoms with E-state index >= 15 is 0 Å². The molecule has 424 valence electrons. The molecule has 79 heavy (non-hydrogen) atoms. The summed E-state index contributed by atoms with van der Waals surface area (Å²) in [6.07, 6.45) is -7.81. The maximum atomic E-state index is 14.7. The van der Waals surface area contributed by atoms with Crippen LogP contribution < -0.4 is 20.9 Å². The summed E-state index contributed by atoms with van der Waals surface area (Å²) in [4.78, 5) is 44.1. The fraction of sp³-hybridized carbons (Fsp3) is 0.382. The van der Waals surface area contributed by atoms with E-state index in [4.69, 9.17) is 32.5 Å². The predicted molar refractivity (Wildman–Crippen MR) is 280 cm³/mol. The van der Waals surface area contributed by atoms with Gasteiger partial charge in [0.15, 0.2) is 5.69 Å². The van der Waals surface area contributed by atoms with Gasteiger partial charge >= 0.3 is 24.5 Å². The minimum absolute atomic E-state index is 0.00640. The molecule has 2 atom stereocenters. The molecule has 18 nitrogen and oxygen atoms in total. The zero-order valence-corrected chi connectivity index (χ0v) is 44.8. The molecule has 0 unspecified atom stereocenters. The Morgan fingerprint density at radius 3 is 1.56 bits per heavy atom. The van der Waals surface area contributed by atoms with Crippen molar-refractivity contribution in [2.24, 2.45) is 0 Å². The molecule has 3 N–H and O–H groups in total. The Bertz CT molecular complexity index is 3090. The van der Waals surface area contributed by atoms with Crippen LogP contribution >= 0.6 is 0 Å². The smallest absolute Gasteiger partial charge is 0.426 e. The Labute approximate surface area is 451 Å². The standard InChI is InChI=1S/C30H35F3N4O5.C25H27F3N4O5/c1-7-9-13-17-39-24-20(3)18-22(34-27(38)42-28(4,5)6)23(35-24)25-36-37-26(41-25)29(16-8-2,30(31,32)33)40-19-21-14-11-10-12-15-21;1-6-12-24(25(26,27)28,35-14-16-10-8-7-9-11-16)21-32-31-20(36-21)18-17(13-15(2)19(33)30-18)29-22(34)37-23(3,4)5/h7-8,10-12,14-15,18H,1-2,9,13,16-17,19H2,3-6H3,(H,34,38);6-11,13H,1,12,14H2,2-5H3,(H,29,34)(H,30,33)/t29-;24-/m11/s1. The van der Waals surface area contributed by atoms with E-state index < -0.39 is 95.5 Å². The lowest BCUT2D eigenvalue weighted by Crippen LogP contribution is -2.45. The van der Waals surface area contributed by atoms with E-state index in [0.717, 1.165) is 12.2 Å². The Kier molecular flexibility index (Phi) is 20.3. The summed E-state index contributed by atoms with van der Waals surface area (Å²) in [7, 11) is 0. The van der Waals surface area contributed by atoms with Crippen LogP contribution in [0.3, 0.4) is 0 Å². The first kappa shape index (κ1) is 61.7. The summed E-state index contributed by atoms with van der Waals surface area (Å²) in [6.45, 7) is 23.3. The number of nitrogens with zero attached hydrogens (tertiary/aromatic N) is 5. The molecule has 0 fully saturated rings. The fourth-order valence-electron chi connectivity index (χ4n) is 7.12. The zero-order valence-electron chi connectivity index (χ0n) is 44.8. The monoisotopic (exact) mass is 1110 g/mol. The molecule has 4 aromatic heterocycles. The van der Waals surface area contributed by atoms with Gasteiger partial charge in [-0.05, 0) is 91.5 Å². The third-order valence-electron chi connectivity index (χ3n) is 10.8. The molecule has 6 aromatic rings. The summed E-state index contributed by atoms with van der Waals surface area (Å²) in [5.74, 6) is -2.43. The van der Waals surface area contributed by atoms with Crippen molar-refractivity contribution >= 4 is 23.6 Å². The fourth-order valence-corrected chi connectivity index (χ4v) is 7.12. The molecule has 0 bridgehead atoms. The maximum Gasteiger partial charge on any atom is 0.426 e. The molecule has 4 heterocycles. The number of halogens is 6. The minimum atomic E-state index is -4.97.